The van der Waals surface area contributed by atoms with Gasteiger partial charge in [0.2, 0.25) is 5.91 Å². The summed E-state index contributed by atoms with van der Waals surface area (Å²) >= 11 is 0. The third kappa shape index (κ3) is 2.44. The molecule has 120 valence electrons. The number of hydrogen-bond donors (Lipinski definition) is 1. The second kappa shape index (κ2) is 5.02. The molecule has 0 saturated carbocycles. The molecular formula is C18H20N2O3. The van der Waals surface area contributed by atoms with Gasteiger partial charge in [-0.1, -0.05) is 24.1 Å². The number of fused-ring (bicyclic) bond motifs is 2. The van der Waals surface area contributed by atoms with Crippen molar-refractivity contribution in [2.24, 2.45) is 0 Å². The zero-order valence-electron chi connectivity index (χ0n) is 13.6. The van der Waals surface area contributed by atoms with Gasteiger partial charge in [0.1, 0.15) is 5.60 Å². The van der Waals surface area contributed by atoms with Crippen molar-refractivity contribution in [3.8, 4) is 12.3 Å². The quantitative estimate of drug-likeness (QED) is 0.749. The molecule has 1 fully saturated rings. The summed E-state index contributed by atoms with van der Waals surface area (Å²) < 4.78 is 5.44. The molecular weight excluding hydrogens is 292 g/mol. The van der Waals surface area contributed by atoms with E-state index in [9.17, 15) is 9.59 Å². The maximum absolute atomic E-state index is 12.6. The number of nitrogens with zero attached hydrogens (tertiary/aromatic N) is 1. The van der Waals surface area contributed by atoms with Gasteiger partial charge in [0.05, 0.1) is 11.5 Å². The monoisotopic (exact) mass is 312 g/mol. The molecule has 2 amide bonds. The first-order valence-electron chi connectivity index (χ1n) is 7.63. The highest BCUT2D eigenvalue weighted by Crippen LogP contribution is 2.46. The van der Waals surface area contributed by atoms with Gasteiger partial charge in [-0.05, 0) is 38.8 Å². The molecule has 1 saturated heterocycles. The van der Waals surface area contributed by atoms with Crippen molar-refractivity contribution in [3.63, 3.8) is 0 Å². The number of carbonyl (C=O) groups is 2. The molecule has 2 atom stereocenters. The van der Waals surface area contributed by atoms with Crippen molar-refractivity contribution >= 4 is 17.7 Å². The number of benzene rings is 1. The van der Waals surface area contributed by atoms with Crippen molar-refractivity contribution in [2.75, 3.05) is 11.9 Å². The standard InChI is InChI=1S/C18H20N2O3/c1-5-12-10-18(11-20(12)16(22)23-17(2,3)4)13-8-6-7-9-14(13)19-15(18)21/h1,6-9,12H,10-11H2,2-4H3,(H,19,21)/t12-,18-/m1/s1. The largest absolute Gasteiger partial charge is 0.444 e. The number of carbonyl (C=O) groups excluding carboxylic acids is 2. The van der Waals surface area contributed by atoms with Crippen molar-refractivity contribution in [1.82, 2.24) is 4.90 Å². The van der Waals surface area contributed by atoms with Gasteiger partial charge >= 0.3 is 6.09 Å². The van der Waals surface area contributed by atoms with Gasteiger partial charge in [-0.15, -0.1) is 6.42 Å². The molecule has 1 aromatic carbocycles. The maximum Gasteiger partial charge on any atom is 0.411 e. The van der Waals surface area contributed by atoms with Crippen LogP contribution in [0.3, 0.4) is 0 Å². The molecule has 1 N–H and O–H groups in total. The Morgan fingerprint density at radius 3 is 2.78 bits per heavy atom. The number of amides is 2. The minimum atomic E-state index is -0.787. The normalized spacial score (nSPS) is 25.9. The molecule has 2 heterocycles. The Hall–Kier alpha value is -2.48. The predicted molar refractivity (Wildman–Crippen MR) is 86.9 cm³/mol. The lowest BCUT2D eigenvalue weighted by Crippen LogP contribution is -2.42. The number of nitrogens with one attached hydrogen (secondary N) is 1. The smallest absolute Gasteiger partial charge is 0.411 e. The Morgan fingerprint density at radius 2 is 2.13 bits per heavy atom. The number of hydrogen-bond acceptors (Lipinski definition) is 3. The van der Waals surface area contributed by atoms with Crippen LogP contribution in [0, 0.1) is 12.3 Å². The lowest BCUT2D eigenvalue weighted by Gasteiger charge is -2.27. The molecule has 0 bridgehead atoms. The van der Waals surface area contributed by atoms with Crippen LogP contribution in [0.25, 0.3) is 0 Å². The van der Waals surface area contributed by atoms with Crippen LogP contribution in [0.15, 0.2) is 24.3 Å². The third-order valence-electron chi connectivity index (χ3n) is 4.30. The van der Waals surface area contributed by atoms with Crippen molar-refractivity contribution < 1.29 is 14.3 Å². The number of terminal acetylenes is 1. The fraction of sp³-hybridized carbons (Fsp3) is 0.444. The van der Waals surface area contributed by atoms with Gasteiger partial charge < -0.3 is 10.1 Å². The number of likely N-dealkylation sites (tertiary alicyclic amines) is 1. The highest BCUT2D eigenvalue weighted by atomic mass is 16.6. The molecule has 5 nitrogen and oxygen atoms in total. The predicted octanol–water partition coefficient (Wildman–Crippen LogP) is 2.52. The van der Waals surface area contributed by atoms with E-state index in [0.29, 0.717) is 6.42 Å². The summed E-state index contributed by atoms with van der Waals surface area (Å²) in [5.41, 5.74) is 0.294. The average molecular weight is 312 g/mol. The van der Waals surface area contributed by atoms with E-state index in [-0.39, 0.29) is 12.5 Å². The molecule has 23 heavy (non-hydrogen) atoms. The van der Waals surface area contributed by atoms with Gasteiger partial charge in [0.25, 0.3) is 0 Å². The van der Waals surface area contributed by atoms with Crippen LogP contribution in [0.1, 0.15) is 32.8 Å². The summed E-state index contributed by atoms with van der Waals surface area (Å²) in [6, 6.07) is 7.09. The first-order valence-corrected chi connectivity index (χ1v) is 7.63. The first-order chi connectivity index (χ1) is 10.8. The van der Waals surface area contributed by atoms with Crippen LogP contribution in [0.4, 0.5) is 10.5 Å². The van der Waals surface area contributed by atoms with Crippen molar-refractivity contribution in [1.29, 1.82) is 0 Å². The first kappa shape index (κ1) is 15.4. The van der Waals surface area contributed by atoms with Gasteiger partial charge in [-0.3, -0.25) is 9.69 Å². The van der Waals surface area contributed by atoms with Crippen LogP contribution in [0.5, 0.6) is 0 Å². The van der Waals surface area contributed by atoms with Crippen molar-refractivity contribution in [3.05, 3.63) is 29.8 Å². The number of para-hydroxylation sites is 1. The Kier molecular flexibility index (Phi) is 3.36. The van der Waals surface area contributed by atoms with Crippen molar-refractivity contribution in [2.45, 2.75) is 44.2 Å². The van der Waals surface area contributed by atoms with Gasteiger partial charge in [-0.2, -0.15) is 0 Å². The van der Waals surface area contributed by atoms with E-state index in [0.717, 1.165) is 11.3 Å². The zero-order valence-corrected chi connectivity index (χ0v) is 13.6. The zero-order chi connectivity index (χ0) is 16.8. The fourth-order valence-electron chi connectivity index (χ4n) is 3.30. The van der Waals surface area contributed by atoms with E-state index in [2.05, 4.69) is 11.2 Å². The second-order valence-electron chi connectivity index (χ2n) is 7.08. The van der Waals surface area contributed by atoms with Gasteiger partial charge in [0, 0.05) is 12.2 Å². The average Bonchev–Trinajstić information content (AvgIpc) is 2.98. The topological polar surface area (TPSA) is 58.6 Å². The molecule has 1 spiro atoms. The summed E-state index contributed by atoms with van der Waals surface area (Å²) in [5.74, 6) is 2.52. The van der Waals surface area contributed by atoms with E-state index in [1.807, 2.05) is 24.3 Å². The molecule has 5 heteroatoms. The molecule has 0 radical (unpaired) electrons. The van der Waals surface area contributed by atoms with Crippen LogP contribution in [-0.2, 0) is 14.9 Å². The fourth-order valence-corrected chi connectivity index (χ4v) is 3.30. The Morgan fingerprint density at radius 1 is 1.43 bits per heavy atom. The van der Waals surface area contributed by atoms with Gasteiger partial charge in [-0.25, -0.2) is 4.79 Å². The van der Waals surface area contributed by atoms with E-state index in [4.69, 9.17) is 11.2 Å². The third-order valence-corrected chi connectivity index (χ3v) is 4.30. The van der Waals surface area contributed by atoms with E-state index in [1.54, 1.807) is 20.8 Å². The second-order valence-corrected chi connectivity index (χ2v) is 7.08. The Labute approximate surface area is 136 Å². The molecule has 0 aliphatic carbocycles. The summed E-state index contributed by atoms with van der Waals surface area (Å²) in [4.78, 5) is 26.6. The molecule has 0 unspecified atom stereocenters. The van der Waals surface area contributed by atoms with Crippen LogP contribution < -0.4 is 5.32 Å². The lowest BCUT2D eigenvalue weighted by atomic mass is 9.80. The molecule has 0 aromatic heterocycles. The van der Waals surface area contributed by atoms with Crippen LogP contribution in [0.2, 0.25) is 0 Å². The lowest BCUT2D eigenvalue weighted by molar-refractivity contribution is -0.120. The number of anilines is 1. The summed E-state index contributed by atoms with van der Waals surface area (Å²) in [6.07, 6.45) is 5.54. The Bertz CT molecular complexity index is 714. The summed E-state index contributed by atoms with van der Waals surface area (Å²) in [7, 11) is 0. The van der Waals surface area contributed by atoms with E-state index < -0.39 is 23.2 Å². The van der Waals surface area contributed by atoms with E-state index in [1.165, 1.54) is 4.90 Å². The van der Waals surface area contributed by atoms with Crippen LogP contribution >= 0.6 is 0 Å². The highest BCUT2D eigenvalue weighted by Gasteiger charge is 2.56. The highest BCUT2D eigenvalue weighted by molar-refractivity contribution is 6.07. The summed E-state index contributed by atoms with van der Waals surface area (Å²) in [6.45, 7) is 5.65. The minimum absolute atomic E-state index is 0.106. The molecule has 2 aliphatic rings. The summed E-state index contributed by atoms with van der Waals surface area (Å²) in [5, 5.41) is 2.90. The minimum Gasteiger partial charge on any atom is -0.444 e. The molecule has 1 aromatic rings. The number of rotatable bonds is 0. The Balaban J connectivity index is 1.95. The molecule has 3 rings (SSSR count). The maximum atomic E-state index is 12.6. The molecule has 2 aliphatic heterocycles. The van der Waals surface area contributed by atoms with Crippen LogP contribution in [-0.4, -0.2) is 35.1 Å². The number of ether oxygens (including phenoxy) is 1. The van der Waals surface area contributed by atoms with Gasteiger partial charge in [0.15, 0.2) is 0 Å². The SMILES string of the molecule is C#C[C@@H]1C[C@]2(CN1C(=O)OC(C)(C)C)C(=O)Nc1ccccc12. The van der Waals surface area contributed by atoms with E-state index >= 15 is 0 Å².